The van der Waals surface area contributed by atoms with E-state index in [-0.39, 0.29) is 11.2 Å². The summed E-state index contributed by atoms with van der Waals surface area (Å²) in [6, 6.07) is 4.82. The molecule has 0 saturated carbocycles. The third-order valence-electron chi connectivity index (χ3n) is 3.65. The standard InChI is InChI=1S/C16H10ClFN4O2S3/c17-11-2-1-9(27-11)3-4-25-16-21-13-12(26-7-20-13)15(24)22(16)8-5-10(18)14(23)19-6-8/h1-2,5-7H,3-4H2,(H,19,23). The molecule has 0 aromatic carbocycles. The van der Waals surface area contributed by atoms with Crippen LogP contribution in [-0.2, 0) is 6.42 Å². The number of nitrogens with zero attached hydrogens (tertiary/aromatic N) is 3. The van der Waals surface area contributed by atoms with E-state index < -0.39 is 11.4 Å². The lowest BCUT2D eigenvalue weighted by Crippen LogP contribution is -2.23. The second kappa shape index (κ2) is 7.55. The first kappa shape index (κ1) is 18.4. The highest BCUT2D eigenvalue weighted by Crippen LogP contribution is 2.26. The average molecular weight is 441 g/mol. The Kier molecular flexibility index (Phi) is 5.13. The third-order valence-corrected chi connectivity index (χ3v) is 6.68. The zero-order valence-corrected chi connectivity index (χ0v) is 16.6. The Morgan fingerprint density at radius 2 is 2.19 bits per heavy atom. The predicted molar refractivity (Wildman–Crippen MR) is 107 cm³/mol. The zero-order valence-electron chi connectivity index (χ0n) is 13.4. The fourth-order valence-electron chi connectivity index (χ4n) is 2.42. The minimum absolute atomic E-state index is 0.210. The van der Waals surface area contributed by atoms with Gasteiger partial charge in [0.1, 0.15) is 4.70 Å². The number of pyridine rings is 1. The topological polar surface area (TPSA) is 80.6 Å². The van der Waals surface area contributed by atoms with Crippen LogP contribution in [0.4, 0.5) is 4.39 Å². The van der Waals surface area contributed by atoms with Gasteiger partial charge in [-0.15, -0.1) is 22.7 Å². The molecule has 0 saturated heterocycles. The molecule has 1 N–H and O–H groups in total. The molecule has 0 unspecified atom stereocenters. The van der Waals surface area contributed by atoms with E-state index in [2.05, 4.69) is 15.0 Å². The second-order valence-electron chi connectivity index (χ2n) is 5.38. The number of hydrogen-bond donors (Lipinski definition) is 1. The monoisotopic (exact) mass is 440 g/mol. The summed E-state index contributed by atoms with van der Waals surface area (Å²) in [4.78, 5) is 36.2. The van der Waals surface area contributed by atoms with Crippen LogP contribution >= 0.6 is 46.0 Å². The van der Waals surface area contributed by atoms with Gasteiger partial charge in [-0.2, -0.15) is 0 Å². The maximum Gasteiger partial charge on any atom is 0.284 e. The highest BCUT2D eigenvalue weighted by atomic mass is 35.5. The number of fused-ring (bicyclic) bond motifs is 1. The van der Waals surface area contributed by atoms with Gasteiger partial charge in [0.05, 0.1) is 15.5 Å². The summed E-state index contributed by atoms with van der Waals surface area (Å²) >= 11 is 9.96. The number of rotatable bonds is 5. The molecule has 0 aliphatic rings. The Bertz CT molecular complexity index is 1250. The van der Waals surface area contributed by atoms with Crippen molar-refractivity contribution < 1.29 is 4.39 Å². The Morgan fingerprint density at radius 3 is 2.93 bits per heavy atom. The van der Waals surface area contributed by atoms with Crippen LogP contribution in [0.1, 0.15) is 4.88 Å². The van der Waals surface area contributed by atoms with E-state index in [9.17, 15) is 14.0 Å². The van der Waals surface area contributed by atoms with Crippen LogP contribution in [0.5, 0.6) is 0 Å². The van der Waals surface area contributed by atoms with E-state index >= 15 is 0 Å². The van der Waals surface area contributed by atoms with Gasteiger partial charge in [-0.1, -0.05) is 23.4 Å². The molecule has 0 fully saturated rings. The van der Waals surface area contributed by atoms with Crippen LogP contribution in [0.25, 0.3) is 16.0 Å². The van der Waals surface area contributed by atoms with Gasteiger partial charge < -0.3 is 4.98 Å². The minimum Gasteiger partial charge on any atom is -0.324 e. The molecule has 4 aromatic rings. The fourth-order valence-corrected chi connectivity index (χ4v) is 5.27. The number of aromatic nitrogens is 4. The lowest BCUT2D eigenvalue weighted by atomic mass is 10.4. The van der Waals surface area contributed by atoms with Gasteiger partial charge in [0, 0.05) is 22.9 Å². The zero-order chi connectivity index (χ0) is 19.0. The molecule has 27 heavy (non-hydrogen) atoms. The Morgan fingerprint density at radius 1 is 1.33 bits per heavy atom. The van der Waals surface area contributed by atoms with Crippen LogP contribution in [-0.4, -0.2) is 25.3 Å². The predicted octanol–water partition coefficient (Wildman–Crippen LogP) is 3.72. The van der Waals surface area contributed by atoms with Crippen molar-refractivity contribution in [2.75, 3.05) is 5.75 Å². The van der Waals surface area contributed by atoms with E-state index in [1.165, 1.54) is 45.2 Å². The quantitative estimate of drug-likeness (QED) is 0.378. The maximum absolute atomic E-state index is 13.8. The van der Waals surface area contributed by atoms with Crippen molar-refractivity contribution in [1.29, 1.82) is 0 Å². The molecule has 6 nitrogen and oxygen atoms in total. The molecule has 4 rings (SSSR count). The first-order valence-electron chi connectivity index (χ1n) is 7.65. The van der Waals surface area contributed by atoms with Gasteiger partial charge in [0.2, 0.25) is 0 Å². The molecule has 0 aliphatic heterocycles. The number of hydrogen-bond acceptors (Lipinski definition) is 7. The number of H-pyrrole nitrogens is 1. The van der Waals surface area contributed by atoms with E-state index in [1.807, 2.05) is 12.1 Å². The normalized spacial score (nSPS) is 11.3. The summed E-state index contributed by atoms with van der Waals surface area (Å²) in [6.45, 7) is 0. The largest absolute Gasteiger partial charge is 0.324 e. The van der Waals surface area contributed by atoms with Crippen molar-refractivity contribution in [3.8, 4) is 5.69 Å². The van der Waals surface area contributed by atoms with Crippen LogP contribution in [0.2, 0.25) is 4.34 Å². The molecule has 0 bridgehead atoms. The van der Waals surface area contributed by atoms with E-state index in [0.29, 0.717) is 21.3 Å². The highest BCUT2D eigenvalue weighted by molar-refractivity contribution is 7.99. The molecule has 0 aliphatic carbocycles. The first-order valence-corrected chi connectivity index (χ1v) is 10.7. The van der Waals surface area contributed by atoms with Gasteiger partial charge in [0.25, 0.3) is 11.1 Å². The van der Waals surface area contributed by atoms with Crippen LogP contribution < -0.4 is 11.1 Å². The number of thiazole rings is 1. The van der Waals surface area contributed by atoms with Crippen molar-refractivity contribution >= 4 is 56.4 Å². The molecule has 11 heteroatoms. The lowest BCUT2D eigenvalue weighted by molar-refractivity contribution is 0.605. The van der Waals surface area contributed by atoms with Crippen molar-refractivity contribution in [3.05, 3.63) is 65.6 Å². The SMILES string of the molecule is O=c1[nH]cc(-n2c(SCCc3ccc(Cl)s3)nc3ncsc3c2=O)cc1F. The summed E-state index contributed by atoms with van der Waals surface area (Å²) in [5.41, 5.74) is 0.909. The molecular formula is C16H10ClFN4O2S3. The molecule has 0 amide bonds. The van der Waals surface area contributed by atoms with Gasteiger partial charge in [0.15, 0.2) is 16.6 Å². The summed E-state index contributed by atoms with van der Waals surface area (Å²) in [7, 11) is 0. The van der Waals surface area contributed by atoms with Crippen molar-refractivity contribution in [2.24, 2.45) is 0 Å². The van der Waals surface area contributed by atoms with Crippen molar-refractivity contribution in [2.45, 2.75) is 11.6 Å². The van der Waals surface area contributed by atoms with Crippen LogP contribution in [0, 0.1) is 5.82 Å². The Hall–Kier alpha value is -2.01. The molecule has 138 valence electrons. The molecule has 0 radical (unpaired) electrons. The number of aromatic amines is 1. The summed E-state index contributed by atoms with van der Waals surface area (Å²) < 4.78 is 16.1. The Labute approximate surface area is 168 Å². The first-order chi connectivity index (χ1) is 13.0. The average Bonchev–Trinajstić information content (AvgIpc) is 3.27. The summed E-state index contributed by atoms with van der Waals surface area (Å²) in [5.74, 6) is -0.321. The number of thioether (sulfide) groups is 1. The molecular weight excluding hydrogens is 431 g/mol. The van der Waals surface area contributed by atoms with Gasteiger partial charge >= 0.3 is 0 Å². The van der Waals surface area contributed by atoms with Crippen molar-refractivity contribution in [3.63, 3.8) is 0 Å². The third kappa shape index (κ3) is 3.70. The number of nitrogens with one attached hydrogen (secondary N) is 1. The number of halogens is 2. The van der Waals surface area contributed by atoms with Gasteiger partial charge in [-0.3, -0.25) is 14.2 Å². The highest BCUT2D eigenvalue weighted by Gasteiger charge is 2.16. The maximum atomic E-state index is 13.8. The molecule has 4 aromatic heterocycles. The molecule has 4 heterocycles. The number of aryl methyl sites for hydroxylation is 1. The summed E-state index contributed by atoms with van der Waals surface area (Å²) in [6.07, 6.45) is 2.04. The van der Waals surface area contributed by atoms with Crippen LogP contribution in [0.15, 0.2) is 44.7 Å². The Balaban J connectivity index is 1.74. The van der Waals surface area contributed by atoms with Gasteiger partial charge in [-0.25, -0.2) is 14.4 Å². The van der Waals surface area contributed by atoms with Gasteiger partial charge in [-0.05, 0) is 18.6 Å². The number of thiophene rings is 1. The van der Waals surface area contributed by atoms with Crippen molar-refractivity contribution in [1.82, 2.24) is 19.5 Å². The van der Waals surface area contributed by atoms with E-state index in [0.717, 1.165) is 21.7 Å². The lowest BCUT2D eigenvalue weighted by Gasteiger charge is -2.11. The van der Waals surface area contributed by atoms with E-state index in [4.69, 9.17) is 11.6 Å². The van der Waals surface area contributed by atoms with Crippen LogP contribution in [0.3, 0.4) is 0 Å². The van der Waals surface area contributed by atoms with E-state index in [1.54, 1.807) is 5.51 Å². The fraction of sp³-hybridized carbons (Fsp3) is 0.125. The smallest absolute Gasteiger partial charge is 0.284 e. The second-order valence-corrected chi connectivity index (χ2v) is 9.10. The summed E-state index contributed by atoms with van der Waals surface area (Å²) in [5, 5.41) is 0.382. The molecule has 0 spiro atoms. The molecule has 0 atom stereocenters. The minimum atomic E-state index is -0.965.